The van der Waals surface area contributed by atoms with Gasteiger partial charge in [-0.2, -0.15) is 0 Å². The summed E-state index contributed by atoms with van der Waals surface area (Å²) in [5.74, 6) is 0.830. The standard InChI is InChI=1S/C8H14N2O/c1-10-3-2-7-6(5-10)4-8(11)9-7/h6-7H,2-5H2,1H3,(H,9,11)/t6-,7+/m1/s1. The summed E-state index contributed by atoms with van der Waals surface area (Å²) in [7, 11) is 2.12. The Morgan fingerprint density at radius 3 is 3.27 bits per heavy atom. The molecule has 3 heteroatoms. The lowest BCUT2D eigenvalue weighted by Crippen LogP contribution is -2.42. The maximum Gasteiger partial charge on any atom is 0.220 e. The van der Waals surface area contributed by atoms with Gasteiger partial charge in [-0.1, -0.05) is 0 Å². The molecule has 0 radical (unpaired) electrons. The number of carbonyl (C=O) groups is 1. The molecule has 2 rings (SSSR count). The molecule has 1 N–H and O–H groups in total. The first-order valence-electron chi connectivity index (χ1n) is 4.23. The summed E-state index contributed by atoms with van der Waals surface area (Å²) < 4.78 is 0. The Labute approximate surface area is 66.8 Å². The minimum Gasteiger partial charge on any atom is -0.353 e. The molecule has 2 aliphatic rings. The molecule has 0 aromatic heterocycles. The molecule has 2 atom stereocenters. The molecule has 0 spiro atoms. The molecule has 0 saturated carbocycles. The first-order chi connectivity index (χ1) is 5.25. The molecule has 62 valence electrons. The topological polar surface area (TPSA) is 32.3 Å². The number of hydrogen-bond acceptors (Lipinski definition) is 2. The lowest BCUT2D eigenvalue weighted by molar-refractivity contribution is -0.119. The SMILES string of the molecule is CN1CC[C@@H]2NC(=O)C[C@@H]2C1. The predicted octanol–water partition coefficient (Wildman–Crippen LogP) is -0.173. The average Bonchev–Trinajstić information content (AvgIpc) is 2.27. The highest BCUT2D eigenvalue weighted by molar-refractivity contribution is 5.79. The zero-order valence-electron chi connectivity index (χ0n) is 6.84. The fourth-order valence-electron chi connectivity index (χ4n) is 2.11. The van der Waals surface area contributed by atoms with Crippen molar-refractivity contribution in [1.29, 1.82) is 0 Å². The Bertz CT molecular complexity index is 181. The fourth-order valence-corrected chi connectivity index (χ4v) is 2.11. The second-order valence-electron chi connectivity index (χ2n) is 3.69. The molecule has 2 saturated heterocycles. The summed E-state index contributed by atoms with van der Waals surface area (Å²) in [6, 6.07) is 0.485. The monoisotopic (exact) mass is 154 g/mol. The summed E-state index contributed by atoms with van der Waals surface area (Å²) in [5, 5.41) is 3.01. The third-order valence-corrected chi connectivity index (χ3v) is 2.73. The third-order valence-electron chi connectivity index (χ3n) is 2.73. The molecule has 0 aliphatic carbocycles. The molecule has 2 aliphatic heterocycles. The highest BCUT2D eigenvalue weighted by atomic mass is 16.2. The number of rotatable bonds is 0. The highest BCUT2D eigenvalue weighted by Crippen LogP contribution is 2.23. The van der Waals surface area contributed by atoms with Crippen molar-refractivity contribution in [2.45, 2.75) is 18.9 Å². The summed E-state index contributed by atoms with van der Waals surface area (Å²) >= 11 is 0. The first-order valence-corrected chi connectivity index (χ1v) is 4.23. The largest absolute Gasteiger partial charge is 0.353 e. The van der Waals surface area contributed by atoms with Gasteiger partial charge in [-0.25, -0.2) is 0 Å². The van der Waals surface area contributed by atoms with Gasteiger partial charge in [0.05, 0.1) is 0 Å². The number of fused-ring (bicyclic) bond motifs is 1. The van der Waals surface area contributed by atoms with Crippen molar-refractivity contribution in [2.24, 2.45) is 5.92 Å². The maximum absolute atomic E-state index is 11.0. The van der Waals surface area contributed by atoms with E-state index in [0.29, 0.717) is 12.0 Å². The van der Waals surface area contributed by atoms with Gasteiger partial charge in [-0.15, -0.1) is 0 Å². The van der Waals surface area contributed by atoms with Crippen LogP contribution in [-0.4, -0.2) is 37.0 Å². The number of nitrogens with zero attached hydrogens (tertiary/aromatic N) is 1. The van der Waals surface area contributed by atoms with Gasteiger partial charge in [0.2, 0.25) is 5.91 Å². The van der Waals surface area contributed by atoms with E-state index in [1.807, 2.05) is 0 Å². The van der Waals surface area contributed by atoms with Gasteiger partial charge < -0.3 is 10.2 Å². The van der Waals surface area contributed by atoms with Gasteiger partial charge in [-0.05, 0) is 20.0 Å². The van der Waals surface area contributed by atoms with E-state index >= 15 is 0 Å². The van der Waals surface area contributed by atoms with E-state index in [2.05, 4.69) is 17.3 Å². The Kier molecular flexibility index (Phi) is 1.60. The summed E-state index contributed by atoms with van der Waals surface area (Å²) in [6.07, 6.45) is 1.88. The Morgan fingerprint density at radius 2 is 2.45 bits per heavy atom. The first kappa shape index (κ1) is 7.10. The van der Waals surface area contributed by atoms with E-state index in [-0.39, 0.29) is 5.91 Å². The van der Waals surface area contributed by atoms with Crippen LogP contribution in [0.4, 0.5) is 0 Å². The minimum atomic E-state index is 0.246. The van der Waals surface area contributed by atoms with Gasteiger partial charge >= 0.3 is 0 Å². The van der Waals surface area contributed by atoms with E-state index in [9.17, 15) is 4.79 Å². The summed E-state index contributed by atoms with van der Waals surface area (Å²) in [6.45, 7) is 2.21. The molecule has 0 aromatic carbocycles. The van der Waals surface area contributed by atoms with Crippen molar-refractivity contribution < 1.29 is 4.79 Å². The van der Waals surface area contributed by atoms with Crippen LogP contribution in [-0.2, 0) is 4.79 Å². The Hall–Kier alpha value is -0.570. The van der Waals surface area contributed by atoms with Crippen molar-refractivity contribution in [3.05, 3.63) is 0 Å². The van der Waals surface area contributed by atoms with Crippen molar-refractivity contribution in [1.82, 2.24) is 10.2 Å². The number of carbonyl (C=O) groups excluding carboxylic acids is 1. The van der Waals surface area contributed by atoms with Crippen LogP contribution < -0.4 is 5.32 Å². The number of amides is 1. The lowest BCUT2D eigenvalue weighted by atomic mass is 9.94. The Morgan fingerprint density at radius 1 is 1.64 bits per heavy atom. The zero-order chi connectivity index (χ0) is 7.84. The van der Waals surface area contributed by atoms with E-state index in [1.54, 1.807) is 0 Å². The quantitative estimate of drug-likeness (QED) is 0.525. The van der Waals surface area contributed by atoms with Crippen LogP contribution in [0.2, 0.25) is 0 Å². The van der Waals surface area contributed by atoms with Gasteiger partial charge in [0, 0.05) is 24.9 Å². The molecule has 1 amide bonds. The second kappa shape index (κ2) is 2.48. The van der Waals surface area contributed by atoms with Crippen LogP contribution in [0.3, 0.4) is 0 Å². The van der Waals surface area contributed by atoms with Crippen LogP contribution >= 0.6 is 0 Å². The lowest BCUT2D eigenvalue weighted by Gasteiger charge is -2.31. The number of nitrogens with one attached hydrogen (secondary N) is 1. The molecule has 0 aromatic rings. The van der Waals surface area contributed by atoms with Crippen LogP contribution in [0.1, 0.15) is 12.8 Å². The van der Waals surface area contributed by atoms with E-state index in [1.165, 1.54) is 0 Å². The summed E-state index contributed by atoms with van der Waals surface area (Å²) in [5.41, 5.74) is 0. The van der Waals surface area contributed by atoms with Crippen molar-refractivity contribution in [3.63, 3.8) is 0 Å². The van der Waals surface area contributed by atoms with Crippen LogP contribution in [0.25, 0.3) is 0 Å². The third kappa shape index (κ3) is 1.25. The van der Waals surface area contributed by atoms with Gasteiger partial charge in [-0.3, -0.25) is 4.79 Å². The van der Waals surface area contributed by atoms with Crippen molar-refractivity contribution in [2.75, 3.05) is 20.1 Å². The van der Waals surface area contributed by atoms with Crippen molar-refractivity contribution >= 4 is 5.91 Å². The normalized spacial score (nSPS) is 38.5. The maximum atomic E-state index is 11.0. The second-order valence-corrected chi connectivity index (χ2v) is 3.69. The number of piperidine rings is 1. The fraction of sp³-hybridized carbons (Fsp3) is 0.875. The summed E-state index contributed by atoms with van der Waals surface area (Å²) in [4.78, 5) is 13.3. The van der Waals surface area contributed by atoms with Crippen molar-refractivity contribution in [3.8, 4) is 0 Å². The zero-order valence-corrected chi connectivity index (χ0v) is 6.84. The molecular weight excluding hydrogens is 140 g/mol. The average molecular weight is 154 g/mol. The van der Waals surface area contributed by atoms with E-state index < -0.39 is 0 Å². The Balaban J connectivity index is 2.02. The molecule has 0 bridgehead atoms. The molecular formula is C8H14N2O. The van der Waals surface area contributed by atoms with Crippen LogP contribution in [0, 0.1) is 5.92 Å². The molecule has 11 heavy (non-hydrogen) atoms. The molecule has 2 heterocycles. The van der Waals surface area contributed by atoms with E-state index in [4.69, 9.17) is 0 Å². The van der Waals surface area contributed by atoms with Crippen LogP contribution in [0.5, 0.6) is 0 Å². The smallest absolute Gasteiger partial charge is 0.220 e. The number of likely N-dealkylation sites (tertiary alicyclic amines) is 1. The van der Waals surface area contributed by atoms with Gasteiger partial charge in [0.1, 0.15) is 0 Å². The van der Waals surface area contributed by atoms with Crippen LogP contribution in [0.15, 0.2) is 0 Å². The number of hydrogen-bond donors (Lipinski definition) is 1. The molecule has 0 unspecified atom stereocenters. The minimum absolute atomic E-state index is 0.246. The van der Waals surface area contributed by atoms with Gasteiger partial charge in [0.15, 0.2) is 0 Å². The van der Waals surface area contributed by atoms with Gasteiger partial charge in [0.25, 0.3) is 0 Å². The highest BCUT2D eigenvalue weighted by Gasteiger charge is 2.35. The molecule has 2 fully saturated rings. The molecule has 3 nitrogen and oxygen atoms in total. The predicted molar refractivity (Wildman–Crippen MR) is 42.2 cm³/mol. The van der Waals surface area contributed by atoms with E-state index in [0.717, 1.165) is 25.9 Å².